The Labute approximate surface area is 135 Å². The molecule has 0 aromatic heterocycles. The average molecular weight is 315 g/mol. The van der Waals surface area contributed by atoms with Crippen LogP contribution in [-0.4, -0.2) is 28.7 Å². The van der Waals surface area contributed by atoms with Crippen LogP contribution in [-0.2, 0) is 14.4 Å². The quantitative estimate of drug-likeness (QED) is 0.488. The lowest BCUT2D eigenvalue weighted by Gasteiger charge is -2.21. The number of amides is 2. The van der Waals surface area contributed by atoms with Gasteiger partial charge in [0.2, 0.25) is 11.8 Å². The summed E-state index contributed by atoms with van der Waals surface area (Å²) >= 11 is 0. The summed E-state index contributed by atoms with van der Waals surface area (Å²) < 4.78 is 5.38. The van der Waals surface area contributed by atoms with Crippen molar-refractivity contribution in [2.24, 2.45) is 11.8 Å². The second-order valence-corrected chi connectivity index (χ2v) is 6.41. The van der Waals surface area contributed by atoms with E-state index in [1.165, 1.54) is 0 Å². The number of fused-ring (bicyclic) bond motifs is 1. The Balaban J connectivity index is 1.76. The van der Waals surface area contributed by atoms with Crippen LogP contribution in [0.5, 0.6) is 5.75 Å². The lowest BCUT2D eigenvalue weighted by Crippen LogP contribution is -2.45. The van der Waals surface area contributed by atoms with Gasteiger partial charge < -0.3 is 4.74 Å². The number of benzene rings is 1. The number of carbonyl (C=O) groups excluding carboxylic acids is 3. The molecule has 2 fully saturated rings. The lowest BCUT2D eigenvalue weighted by atomic mass is 9.81. The minimum atomic E-state index is -0.889. The van der Waals surface area contributed by atoms with Gasteiger partial charge in [-0.25, -0.2) is 4.79 Å². The molecule has 3 atom stereocenters. The van der Waals surface area contributed by atoms with E-state index in [0.29, 0.717) is 5.75 Å². The highest BCUT2D eigenvalue weighted by molar-refractivity contribution is 6.07. The van der Waals surface area contributed by atoms with E-state index in [1.807, 2.05) is 19.1 Å². The molecule has 0 bridgehead atoms. The molecule has 3 unspecified atom stereocenters. The monoisotopic (exact) mass is 315 g/mol. The van der Waals surface area contributed by atoms with Crippen molar-refractivity contribution in [2.75, 3.05) is 0 Å². The predicted octanol–water partition coefficient (Wildman–Crippen LogP) is 2.46. The third kappa shape index (κ3) is 2.76. The number of hydrogen-bond acceptors (Lipinski definition) is 4. The zero-order valence-electron chi connectivity index (χ0n) is 13.5. The molecule has 0 N–H and O–H groups in total. The van der Waals surface area contributed by atoms with Crippen LogP contribution in [0.15, 0.2) is 24.3 Å². The van der Waals surface area contributed by atoms with Crippen LogP contribution in [0.3, 0.4) is 0 Å². The molecule has 1 heterocycles. The van der Waals surface area contributed by atoms with Crippen LogP contribution in [0.4, 0.5) is 0 Å². The van der Waals surface area contributed by atoms with Gasteiger partial charge in [-0.05, 0) is 38.3 Å². The SMILES string of the molecule is Cc1ccccc1OC(=O)C(C)N1C(=O)C2CCCCC2C1=O. The standard InChI is InChI=1S/C18H21NO4/c1-11-7-3-6-10-15(11)23-18(22)12(2)19-16(20)13-8-4-5-9-14(13)17(19)21/h3,6-7,10,12-14H,4-5,8-9H2,1-2H3. The number of ether oxygens (including phenoxy) is 1. The zero-order chi connectivity index (χ0) is 16.6. The van der Waals surface area contributed by atoms with Gasteiger partial charge >= 0.3 is 5.97 Å². The van der Waals surface area contributed by atoms with Crippen molar-refractivity contribution in [3.8, 4) is 5.75 Å². The van der Waals surface area contributed by atoms with E-state index in [0.717, 1.165) is 36.1 Å². The Morgan fingerprint density at radius 2 is 1.70 bits per heavy atom. The van der Waals surface area contributed by atoms with Crippen LogP contribution in [0, 0.1) is 18.8 Å². The van der Waals surface area contributed by atoms with Crippen molar-refractivity contribution in [2.45, 2.75) is 45.6 Å². The minimum Gasteiger partial charge on any atom is -0.425 e. The first-order chi connectivity index (χ1) is 11.0. The molecular weight excluding hydrogens is 294 g/mol. The molecular formula is C18H21NO4. The summed E-state index contributed by atoms with van der Waals surface area (Å²) in [6, 6.07) is 6.29. The Morgan fingerprint density at radius 1 is 1.13 bits per heavy atom. The average Bonchev–Trinajstić information content (AvgIpc) is 2.81. The van der Waals surface area contributed by atoms with Gasteiger partial charge in [-0.3, -0.25) is 14.5 Å². The molecule has 0 radical (unpaired) electrons. The maximum atomic E-state index is 12.5. The Kier molecular flexibility index (Phi) is 4.20. The molecule has 2 aliphatic rings. The number of likely N-dealkylation sites (tertiary alicyclic amines) is 1. The molecule has 1 saturated heterocycles. The summed E-state index contributed by atoms with van der Waals surface area (Å²) in [6.45, 7) is 3.40. The first-order valence-corrected chi connectivity index (χ1v) is 8.15. The molecule has 1 aliphatic carbocycles. The molecule has 2 amide bonds. The van der Waals surface area contributed by atoms with Gasteiger partial charge in [-0.1, -0.05) is 31.0 Å². The van der Waals surface area contributed by atoms with Crippen LogP contribution in [0.25, 0.3) is 0 Å². The summed E-state index contributed by atoms with van der Waals surface area (Å²) in [5.74, 6) is -1.03. The topological polar surface area (TPSA) is 63.7 Å². The Morgan fingerprint density at radius 3 is 2.26 bits per heavy atom. The predicted molar refractivity (Wildman–Crippen MR) is 83.6 cm³/mol. The highest BCUT2D eigenvalue weighted by Crippen LogP contribution is 2.39. The second kappa shape index (κ2) is 6.14. The largest absolute Gasteiger partial charge is 0.425 e. The number of nitrogens with zero attached hydrogens (tertiary/aromatic N) is 1. The fourth-order valence-electron chi connectivity index (χ4n) is 3.54. The number of hydrogen-bond donors (Lipinski definition) is 0. The van der Waals surface area contributed by atoms with Gasteiger partial charge in [0.05, 0.1) is 11.8 Å². The third-order valence-electron chi connectivity index (χ3n) is 4.91. The summed E-state index contributed by atoms with van der Waals surface area (Å²) in [5, 5.41) is 0. The Bertz CT molecular complexity index is 630. The van der Waals surface area contributed by atoms with Crippen LogP contribution in [0.2, 0.25) is 0 Å². The molecule has 1 aromatic carbocycles. The van der Waals surface area contributed by atoms with E-state index in [-0.39, 0.29) is 23.7 Å². The van der Waals surface area contributed by atoms with Crippen LogP contribution in [0.1, 0.15) is 38.2 Å². The number of imide groups is 1. The minimum absolute atomic E-state index is 0.214. The van der Waals surface area contributed by atoms with E-state index < -0.39 is 12.0 Å². The molecule has 122 valence electrons. The number of rotatable bonds is 3. The van der Waals surface area contributed by atoms with Crippen molar-refractivity contribution in [3.05, 3.63) is 29.8 Å². The van der Waals surface area contributed by atoms with Gasteiger partial charge in [0.25, 0.3) is 0 Å². The van der Waals surface area contributed by atoms with Gasteiger partial charge in [0.1, 0.15) is 11.8 Å². The number of para-hydroxylation sites is 1. The van der Waals surface area contributed by atoms with E-state index in [9.17, 15) is 14.4 Å². The van der Waals surface area contributed by atoms with Crippen LogP contribution < -0.4 is 4.74 Å². The van der Waals surface area contributed by atoms with Gasteiger partial charge in [0, 0.05) is 0 Å². The maximum absolute atomic E-state index is 12.5. The smallest absolute Gasteiger partial charge is 0.334 e. The molecule has 23 heavy (non-hydrogen) atoms. The molecule has 5 heteroatoms. The summed E-state index contributed by atoms with van der Waals surface area (Å²) in [4.78, 5) is 38.5. The highest BCUT2D eigenvalue weighted by atomic mass is 16.5. The van der Waals surface area contributed by atoms with E-state index >= 15 is 0 Å². The fourth-order valence-corrected chi connectivity index (χ4v) is 3.54. The van der Waals surface area contributed by atoms with Crippen molar-refractivity contribution in [1.82, 2.24) is 4.90 Å². The van der Waals surface area contributed by atoms with Crippen molar-refractivity contribution in [1.29, 1.82) is 0 Å². The summed E-state index contributed by atoms with van der Waals surface area (Å²) in [5.41, 5.74) is 0.834. The van der Waals surface area contributed by atoms with E-state index in [4.69, 9.17) is 4.74 Å². The summed E-state index contributed by atoms with van der Waals surface area (Å²) in [6.07, 6.45) is 3.42. The first kappa shape index (κ1) is 15.7. The van der Waals surface area contributed by atoms with Crippen molar-refractivity contribution >= 4 is 17.8 Å². The van der Waals surface area contributed by atoms with Crippen LogP contribution >= 0.6 is 0 Å². The normalized spacial score (nSPS) is 25.2. The zero-order valence-corrected chi connectivity index (χ0v) is 13.5. The van der Waals surface area contributed by atoms with E-state index in [1.54, 1.807) is 19.1 Å². The third-order valence-corrected chi connectivity index (χ3v) is 4.91. The molecule has 0 spiro atoms. The molecule has 1 saturated carbocycles. The van der Waals surface area contributed by atoms with Gasteiger partial charge in [-0.15, -0.1) is 0 Å². The van der Waals surface area contributed by atoms with Gasteiger partial charge in [-0.2, -0.15) is 0 Å². The van der Waals surface area contributed by atoms with Gasteiger partial charge in [0.15, 0.2) is 0 Å². The first-order valence-electron chi connectivity index (χ1n) is 8.15. The summed E-state index contributed by atoms with van der Waals surface area (Å²) in [7, 11) is 0. The highest BCUT2D eigenvalue weighted by Gasteiger charge is 2.51. The molecule has 5 nitrogen and oxygen atoms in total. The Hall–Kier alpha value is -2.17. The van der Waals surface area contributed by atoms with Crippen molar-refractivity contribution in [3.63, 3.8) is 0 Å². The maximum Gasteiger partial charge on any atom is 0.334 e. The van der Waals surface area contributed by atoms with Crippen molar-refractivity contribution < 1.29 is 19.1 Å². The molecule has 1 aromatic rings. The molecule has 1 aliphatic heterocycles. The second-order valence-electron chi connectivity index (χ2n) is 6.41. The van der Waals surface area contributed by atoms with E-state index in [2.05, 4.69) is 0 Å². The molecule has 3 rings (SSSR count). The fraction of sp³-hybridized carbons (Fsp3) is 0.500. The number of carbonyl (C=O) groups is 3. The number of aryl methyl sites for hydroxylation is 1. The number of esters is 1. The lowest BCUT2D eigenvalue weighted by molar-refractivity contribution is -0.152.